The smallest absolute Gasteiger partial charge is 0.271 e. The molecule has 0 saturated heterocycles. The number of sulfonamides is 1. The van der Waals surface area contributed by atoms with Gasteiger partial charge in [0, 0.05) is 30.7 Å². The second-order valence-corrected chi connectivity index (χ2v) is 8.26. The number of hydrogen-bond donors (Lipinski definition) is 2. The van der Waals surface area contributed by atoms with Gasteiger partial charge in [-0.25, -0.2) is 8.42 Å². The molecule has 0 fully saturated rings. The molecule has 21 heavy (non-hydrogen) atoms. The van der Waals surface area contributed by atoms with E-state index in [2.05, 4.69) is 29.0 Å². The monoisotopic (exact) mass is 328 g/mol. The third-order valence-corrected chi connectivity index (χ3v) is 5.98. The highest BCUT2D eigenvalue weighted by atomic mass is 32.2. The van der Waals surface area contributed by atoms with Crippen molar-refractivity contribution in [3.8, 4) is 0 Å². The van der Waals surface area contributed by atoms with Gasteiger partial charge in [-0.15, -0.1) is 11.3 Å². The Labute approximate surface area is 129 Å². The summed E-state index contributed by atoms with van der Waals surface area (Å²) in [5.41, 5.74) is 1.45. The second kappa shape index (κ2) is 6.17. The molecule has 0 aliphatic rings. The maximum absolute atomic E-state index is 12.4. The van der Waals surface area contributed by atoms with Gasteiger partial charge < -0.3 is 5.32 Å². The van der Waals surface area contributed by atoms with Crippen LogP contribution in [0.5, 0.6) is 0 Å². The Hall–Kier alpha value is -1.38. The molecular weight excluding hydrogens is 308 g/mol. The standard InChI is InChI=1S/C13H20N4O2S2/c1-9(2)14-7-12-10(3)5-13(20-12)21(18,19)16-11-6-15-17(4)8-11/h5-6,8-9,14,16H,7H2,1-4H3. The summed E-state index contributed by atoms with van der Waals surface area (Å²) in [6.45, 7) is 6.72. The fourth-order valence-electron chi connectivity index (χ4n) is 1.77. The molecule has 0 aromatic carbocycles. The third-order valence-electron chi connectivity index (χ3n) is 2.89. The summed E-state index contributed by atoms with van der Waals surface area (Å²) in [7, 11) is -1.81. The predicted octanol–water partition coefficient (Wildman–Crippen LogP) is 2.09. The Kier molecular flexibility index (Phi) is 4.70. The maximum atomic E-state index is 12.4. The first-order valence-electron chi connectivity index (χ1n) is 6.62. The summed E-state index contributed by atoms with van der Waals surface area (Å²) < 4.78 is 29.1. The number of nitrogens with one attached hydrogen (secondary N) is 2. The van der Waals surface area contributed by atoms with E-state index in [4.69, 9.17) is 0 Å². The van der Waals surface area contributed by atoms with E-state index in [0.29, 0.717) is 22.5 Å². The van der Waals surface area contributed by atoms with E-state index in [9.17, 15) is 8.42 Å². The molecule has 0 bridgehead atoms. The van der Waals surface area contributed by atoms with Crippen LogP contribution in [0.4, 0.5) is 5.69 Å². The molecular formula is C13H20N4O2S2. The van der Waals surface area contributed by atoms with E-state index in [0.717, 1.165) is 10.4 Å². The maximum Gasteiger partial charge on any atom is 0.271 e. The minimum atomic E-state index is -3.55. The zero-order chi connectivity index (χ0) is 15.6. The Bertz CT molecular complexity index is 716. The highest BCUT2D eigenvalue weighted by Crippen LogP contribution is 2.27. The van der Waals surface area contributed by atoms with Crippen molar-refractivity contribution in [2.75, 3.05) is 4.72 Å². The van der Waals surface area contributed by atoms with Crippen molar-refractivity contribution in [1.29, 1.82) is 0 Å². The van der Waals surface area contributed by atoms with Gasteiger partial charge in [-0.2, -0.15) is 5.10 Å². The van der Waals surface area contributed by atoms with Gasteiger partial charge in [0.05, 0.1) is 11.9 Å². The van der Waals surface area contributed by atoms with Crippen LogP contribution in [0.3, 0.4) is 0 Å². The van der Waals surface area contributed by atoms with Crippen molar-refractivity contribution in [2.45, 2.75) is 37.6 Å². The zero-order valence-electron chi connectivity index (χ0n) is 12.5. The lowest BCUT2D eigenvalue weighted by atomic mass is 10.3. The largest absolute Gasteiger partial charge is 0.310 e. The van der Waals surface area contributed by atoms with Crippen molar-refractivity contribution >= 4 is 27.0 Å². The molecule has 2 rings (SSSR count). The van der Waals surface area contributed by atoms with Crippen LogP contribution in [0.15, 0.2) is 22.7 Å². The lowest BCUT2D eigenvalue weighted by Gasteiger charge is -2.06. The van der Waals surface area contributed by atoms with E-state index in [-0.39, 0.29) is 0 Å². The van der Waals surface area contributed by atoms with E-state index in [1.807, 2.05) is 6.92 Å². The Morgan fingerprint density at radius 2 is 2.14 bits per heavy atom. The van der Waals surface area contributed by atoms with Gasteiger partial charge in [0.25, 0.3) is 10.0 Å². The van der Waals surface area contributed by atoms with Gasteiger partial charge in [-0.1, -0.05) is 13.8 Å². The van der Waals surface area contributed by atoms with Crippen molar-refractivity contribution in [1.82, 2.24) is 15.1 Å². The van der Waals surface area contributed by atoms with Crippen LogP contribution in [0.2, 0.25) is 0 Å². The molecule has 2 aromatic rings. The topological polar surface area (TPSA) is 76.0 Å². The first-order chi connectivity index (χ1) is 9.78. The lowest BCUT2D eigenvalue weighted by molar-refractivity contribution is 0.592. The molecule has 0 aliphatic heterocycles. The van der Waals surface area contributed by atoms with Crippen LogP contribution < -0.4 is 10.0 Å². The summed E-state index contributed by atoms with van der Waals surface area (Å²) in [6, 6.07) is 2.07. The Morgan fingerprint density at radius 1 is 1.43 bits per heavy atom. The van der Waals surface area contributed by atoms with Crippen LogP contribution in [-0.4, -0.2) is 24.2 Å². The molecule has 0 amide bonds. The Balaban J connectivity index is 2.18. The molecule has 0 radical (unpaired) electrons. The van der Waals surface area contributed by atoms with Crippen molar-refractivity contribution in [3.63, 3.8) is 0 Å². The SMILES string of the molecule is Cc1cc(S(=O)(=O)Nc2cnn(C)c2)sc1CNC(C)C. The molecule has 6 nitrogen and oxygen atoms in total. The van der Waals surface area contributed by atoms with E-state index in [1.54, 1.807) is 24.0 Å². The molecule has 8 heteroatoms. The van der Waals surface area contributed by atoms with Gasteiger partial charge in [0.15, 0.2) is 0 Å². The molecule has 0 aliphatic carbocycles. The summed E-state index contributed by atoms with van der Waals surface area (Å²) in [4.78, 5) is 1.04. The summed E-state index contributed by atoms with van der Waals surface area (Å²) in [6.07, 6.45) is 3.11. The van der Waals surface area contributed by atoms with Gasteiger partial charge in [0.1, 0.15) is 4.21 Å². The third kappa shape index (κ3) is 4.05. The number of thiophene rings is 1. The minimum Gasteiger partial charge on any atom is -0.310 e. The molecule has 2 N–H and O–H groups in total. The van der Waals surface area contributed by atoms with Crippen LogP contribution in [-0.2, 0) is 23.6 Å². The number of anilines is 1. The summed E-state index contributed by atoms with van der Waals surface area (Å²) >= 11 is 1.29. The number of aromatic nitrogens is 2. The van der Waals surface area contributed by atoms with E-state index < -0.39 is 10.0 Å². The highest BCUT2D eigenvalue weighted by molar-refractivity contribution is 7.94. The van der Waals surface area contributed by atoms with Crippen molar-refractivity contribution in [3.05, 3.63) is 28.9 Å². The number of aryl methyl sites for hydroxylation is 2. The molecule has 0 spiro atoms. The first-order valence-corrected chi connectivity index (χ1v) is 8.92. The number of nitrogens with zero attached hydrogens (tertiary/aromatic N) is 2. The van der Waals surface area contributed by atoms with Crippen molar-refractivity contribution < 1.29 is 8.42 Å². The van der Waals surface area contributed by atoms with Gasteiger partial charge in [0.2, 0.25) is 0 Å². The highest BCUT2D eigenvalue weighted by Gasteiger charge is 2.19. The van der Waals surface area contributed by atoms with Gasteiger partial charge >= 0.3 is 0 Å². The molecule has 0 unspecified atom stereocenters. The number of rotatable bonds is 6. The molecule has 2 aromatic heterocycles. The average Bonchev–Trinajstić information content (AvgIpc) is 2.93. The van der Waals surface area contributed by atoms with Crippen LogP contribution in [0.25, 0.3) is 0 Å². The second-order valence-electron chi connectivity index (χ2n) is 5.22. The molecule has 116 valence electrons. The Morgan fingerprint density at radius 3 is 2.71 bits per heavy atom. The zero-order valence-corrected chi connectivity index (χ0v) is 14.2. The fourth-order valence-corrected chi connectivity index (χ4v) is 4.34. The van der Waals surface area contributed by atoms with Gasteiger partial charge in [-0.05, 0) is 18.6 Å². The predicted molar refractivity (Wildman–Crippen MR) is 85.0 cm³/mol. The summed E-state index contributed by atoms with van der Waals surface area (Å²) in [5, 5.41) is 7.25. The first kappa shape index (κ1) is 16.0. The normalized spacial score (nSPS) is 12.0. The van der Waals surface area contributed by atoms with Crippen LogP contribution in [0.1, 0.15) is 24.3 Å². The van der Waals surface area contributed by atoms with Crippen LogP contribution >= 0.6 is 11.3 Å². The lowest BCUT2D eigenvalue weighted by Crippen LogP contribution is -2.21. The average molecular weight is 328 g/mol. The minimum absolute atomic E-state index is 0.324. The van der Waals surface area contributed by atoms with Gasteiger partial charge in [-0.3, -0.25) is 9.40 Å². The summed E-state index contributed by atoms with van der Waals surface area (Å²) in [5.74, 6) is 0. The fraction of sp³-hybridized carbons (Fsp3) is 0.462. The molecule has 0 saturated carbocycles. The van der Waals surface area contributed by atoms with E-state index >= 15 is 0 Å². The molecule has 2 heterocycles. The van der Waals surface area contributed by atoms with Crippen LogP contribution in [0, 0.1) is 6.92 Å². The quantitative estimate of drug-likeness (QED) is 0.851. The molecule has 0 atom stereocenters. The van der Waals surface area contributed by atoms with E-state index in [1.165, 1.54) is 17.5 Å². The number of hydrogen-bond acceptors (Lipinski definition) is 5. The van der Waals surface area contributed by atoms with Crippen molar-refractivity contribution in [2.24, 2.45) is 7.05 Å².